The van der Waals surface area contributed by atoms with Gasteiger partial charge in [0.15, 0.2) is 5.13 Å². The third-order valence-electron chi connectivity index (χ3n) is 2.73. The number of hydrogen-bond donors (Lipinski definition) is 1. The van der Waals surface area contributed by atoms with E-state index in [9.17, 15) is 4.39 Å². The van der Waals surface area contributed by atoms with Gasteiger partial charge in [-0.15, -0.1) is 0 Å². The van der Waals surface area contributed by atoms with Gasteiger partial charge in [0.1, 0.15) is 5.82 Å². The average Bonchev–Trinajstić information content (AvgIpc) is 2.82. The van der Waals surface area contributed by atoms with Crippen molar-refractivity contribution in [1.29, 1.82) is 0 Å². The first-order valence-electron chi connectivity index (χ1n) is 6.26. The zero-order valence-electron chi connectivity index (χ0n) is 11.8. The molecule has 2 rings (SSSR count). The fourth-order valence-corrected chi connectivity index (χ4v) is 2.68. The van der Waals surface area contributed by atoms with Gasteiger partial charge in [0.2, 0.25) is 5.88 Å². The molecule has 1 aromatic carbocycles. The molecule has 0 aliphatic carbocycles. The first-order chi connectivity index (χ1) is 9.60. The van der Waals surface area contributed by atoms with Gasteiger partial charge in [0.25, 0.3) is 0 Å². The van der Waals surface area contributed by atoms with E-state index in [1.54, 1.807) is 24.5 Å². The fourth-order valence-electron chi connectivity index (χ4n) is 1.76. The molecule has 0 fully saturated rings. The number of nitrogens with zero attached hydrogens (tertiary/aromatic N) is 2. The quantitative estimate of drug-likeness (QED) is 0.889. The maximum atomic E-state index is 13.1. The van der Waals surface area contributed by atoms with E-state index in [2.05, 4.69) is 10.3 Å². The minimum absolute atomic E-state index is 0.213. The Hall–Kier alpha value is -1.66. The highest BCUT2D eigenvalue weighted by atomic mass is 32.1. The van der Waals surface area contributed by atoms with E-state index in [0.29, 0.717) is 19.0 Å². The van der Waals surface area contributed by atoms with Gasteiger partial charge >= 0.3 is 0 Å². The minimum atomic E-state index is -0.213. The average molecular weight is 295 g/mol. The molecule has 1 N–H and O–H groups in total. The van der Waals surface area contributed by atoms with Gasteiger partial charge in [-0.2, -0.15) is 4.98 Å². The number of anilines is 1. The molecule has 0 unspecified atom stereocenters. The Labute approximate surface area is 122 Å². The van der Waals surface area contributed by atoms with Gasteiger partial charge in [-0.1, -0.05) is 23.5 Å². The van der Waals surface area contributed by atoms with E-state index < -0.39 is 0 Å². The van der Waals surface area contributed by atoms with E-state index in [0.717, 1.165) is 15.6 Å². The van der Waals surface area contributed by atoms with Crippen molar-refractivity contribution in [3.05, 3.63) is 40.5 Å². The van der Waals surface area contributed by atoms with Gasteiger partial charge in [-0.05, 0) is 17.7 Å². The highest BCUT2D eigenvalue weighted by Gasteiger charge is 2.12. The summed E-state index contributed by atoms with van der Waals surface area (Å²) in [6, 6.07) is 6.58. The van der Waals surface area contributed by atoms with E-state index >= 15 is 0 Å². The molecule has 1 aromatic heterocycles. The molecule has 108 valence electrons. The van der Waals surface area contributed by atoms with Crippen molar-refractivity contribution in [1.82, 2.24) is 10.3 Å². The lowest BCUT2D eigenvalue weighted by Crippen LogP contribution is -2.12. The largest absolute Gasteiger partial charge is 0.480 e. The molecule has 0 saturated carbocycles. The van der Waals surface area contributed by atoms with Crippen LogP contribution >= 0.6 is 11.3 Å². The third kappa shape index (κ3) is 3.68. The molecule has 20 heavy (non-hydrogen) atoms. The molecular weight excluding hydrogens is 277 g/mol. The molecule has 1 heterocycles. The fraction of sp³-hybridized carbons (Fsp3) is 0.357. The highest BCUT2D eigenvalue weighted by Crippen LogP contribution is 2.30. The van der Waals surface area contributed by atoms with Gasteiger partial charge in [-0.25, -0.2) is 4.39 Å². The summed E-state index contributed by atoms with van der Waals surface area (Å²) in [5.74, 6) is 0.431. The Kier molecular flexibility index (Phi) is 4.92. The van der Waals surface area contributed by atoms with Crippen LogP contribution in [0.15, 0.2) is 24.3 Å². The Morgan fingerprint density at radius 2 is 2.15 bits per heavy atom. The normalized spacial score (nSPS) is 10.6. The number of halogens is 1. The molecule has 0 aliphatic rings. The van der Waals surface area contributed by atoms with E-state index in [1.165, 1.54) is 12.1 Å². The lowest BCUT2D eigenvalue weighted by atomic mass is 10.2. The van der Waals surface area contributed by atoms with Crippen LogP contribution in [0, 0.1) is 5.82 Å². The van der Waals surface area contributed by atoms with Crippen LogP contribution < -0.4 is 15.0 Å². The number of aromatic nitrogens is 1. The lowest BCUT2D eigenvalue weighted by molar-refractivity contribution is 0.394. The van der Waals surface area contributed by atoms with Crippen LogP contribution in [0.4, 0.5) is 9.52 Å². The van der Waals surface area contributed by atoms with Gasteiger partial charge in [0, 0.05) is 27.2 Å². The van der Waals surface area contributed by atoms with Crippen molar-refractivity contribution >= 4 is 16.5 Å². The standard InChI is InChI=1S/C14H18FN3OS/c1-18(2)14-17-13(19-3)12(20-14)9-16-8-10-5-4-6-11(15)7-10/h4-7,16H,8-9H2,1-3H3. The van der Waals surface area contributed by atoms with Gasteiger partial charge in [0.05, 0.1) is 12.0 Å². The van der Waals surface area contributed by atoms with E-state index in [4.69, 9.17) is 4.74 Å². The Morgan fingerprint density at radius 1 is 1.35 bits per heavy atom. The van der Waals surface area contributed by atoms with Crippen molar-refractivity contribution in [2.45, 2.75) is 13.1 Å². The van der Waals surface area contributed by atoms with Crippen LogP contribution in [0.3, 0.4) is 0 Å². The molecule has 0 aliphatic heterocycles. The highest BCUT2D eigenvalue weighted by molar-refractivity contribution is 7.15. The number of thiazole rings is 1. The van der Waals surface area contributed by atoms with Crippen molar-refractivity contribution in [2.24, 2.45) is 0 Å². The number of methoxy groups -OCH3 is 1. The van der Waals surface area contributed by atoms with Crippen molar-refractivity contribution < 1.29 is 9.13 Å². The monoisotopic (exact) mass is 295 g/mol. The second-order valence-electron chi connectivity index (χ2n) is 4.56. The molecular formula is C14H18FN3OS. The van der Waals surface area contributed by atoms with Crippen LogP contribution in [0.2, 0.25) is 0 Å². The maximum Gasteiger partial charge on any atom is 0.230 e. The SMILES string of the molecule is COc1nc(N(C)C)sc1CNCc1cccc(F)c1. The van der Waals surface area contributed by atoms with Crippen LogP contribution in [0.5, 0.6) is 5.88 Å². The number of benzene rings is 1. The maximum absolute atomic E-state index is 13.1. The number of rotatable bonds is 6. The predicted octanol–water partition coefficient (Wildman–Crippen LogP) is 2.65. The number of nitrogens with one attached hydrogen (secondary N) is 1. The topological polar surface area (TPSA) is 37.4 Å². The summed E-state index contributed by atoms with van der Waals surface area (Å²) < 4.78 is 18.3. The van der Waals surface area contributed by atoms with Crippen LogP contribution in [0.1, 0.15) is 10.4 Å². The molecule has 0 atom stereocenters. The Balaban J connectivity index is 1.97. The third-order valence-corrected chi connectivity index (χ3v) is 3.93. The zero-order chi connectivity index (χ0) is 14.5. The Bertz CT molecular complexity index is 571. The van der Waals surface area contributed by atoms with E-state index in [1.807, 2.05) is 25.1 Å². The van der Waals surface area contributed by atoms with Crippen molar-refractivity contribution in [3.63, 3.8) is 0 Å². The molecule has 0 bridgehead atoms. The summed E-state index contributed by atoms with van der Waals surface area (Å²) in [7, 11) is 5.51. The first-order valence-corrected chi connectivity index (χ1v) is 7.08. The summed E-state index contributed by atoms with van der Waals surface area (Å²) in [5.41, 5.74) is 0.918. The van der Waals surface area contributed by atoms with Crippen LogP contribution in [-0.4, -0.2) is 26.2 Å². The van der Waals surface area contributed by atoms with E-state index in [-0.39, 0.29) is 5.82 Å². The minimum Gasteiger partial charge on any atom is -0.480 e. The van der Waals surface area contributed by atoms with Crippen LogP contribution in [0.25, 0.3) is 0 Å². The van der Waals surface area contributed by atoms with Crippen molar-refractivity contribution in [2.75, 3.05) is 26.1 Å². The summed E-state index contributed by atoms with van der Waals surface area (Å²) in [4.78, 5) is 7.37. The van der Waals surface area contributed by atoms with Crippen molar-refractivity contribution in [3.8, 4) is 5.88 Å². The summed E-state index contributed by atoms with van der Waals surface area (Å²) in [6.45, 7) is 1.25. The van der Waals surface area contributed by atoms with Crippen LogP contribution in [-0.2, 0) is 13.1 Å². The molecule has 0 radical (unpaired) electrons. The molecule has 6 heteroatoms. The second-order valence-corrected chi connectivity index (χ2v) is 5.62. The smallest absolute Gasteiger partial charge is 0.230 e. The van der Waals surface area contributed by atoms with Gasteiger partial charge in [-0.3, -0.25) is 0 Å². The summed E-state index contributed by atoms with van der Waals surface area (Å²) in [6.07, 6.45) is 0. The molecule has 4 nitrogen and oxygen atoms in total. The van der Waals surface area contributed by atoms with Gasteiger partial charge < -0.3 is 15.0 Å². The molecule has 0 amide bonds. The first kappa shape index (κ1) is 14.7. The zero-order valence-corrected chi connectivity index (χ0v) is 12.6. The number of hydrogen-bond acceptors (Lipinski definition) is 5. The second kappa shape index (κ2) is 6.67. The predicted molar refractivity (Wildman–Crippen MR) is 79.9 cm³/mol. The lowest BCUT2D eigenvalue weighted by Gasteiger charge is -2.05. The molecule has 0 spiro atoms. The molecule has 2 aromatic rings. The Morgan fingerprint density at radius 3 is 2.80 bits per heavy atom. The number of ether oxygens (including phenoxy) is 1. The molecule has 0 saturated heterocycles. The summed E-state index contributed by atoms with van der Waals surface area (Å²) >= 11 is 1.58. The summed E-state index contributed by atoms with van der Waals surface area (Å²) in [5, 5.41) is 4.18.